The third kappa shape index (κ3) is 1.91. The van der Waals surface area contributed by atoms with Crippen LogP contribution >= 0.6 is 27.3 Å². The molecule has 0 radical (unpaired) electrons. The maximum Gasteiger partial charge on any atom is 0.202 e. The number of nitrogens with two attached hydrogens (primary N) is 1. The van der Waals surface area contributed by atoms with Crippen LogP contribution in [-0.2, 0) is 6.54 Å². The third-order valence-corrected chi connectivity index (χ3v) is 3.56. The number of fused-ring (bicyclic) bond motifs is 1. The molecule has 0 atom stereocenters. The van der Waals surface area contributed by atoms with Crippen LogP contribution in [0, 0.1) is 0 Å². The van der Waals surface area contributed by atoms with Gasteiger partial charge in [0.15, 0.2) is 5.65 Å². The van der Waals surface area contributed by atoms with Crippen molar-refractivity contribution in [1.82, 2.24) is 19.5 Å². The van der Waals surface area contributed by atoms with Crippen LogP contribution in [0.5, 0.6) is 0 Å². The molecule has 0 bridgehead atoms. The molecule has 3 heterocycles. The summed E-state index contributed by atoms with van der Waals surface area (Å²) in [6.45, 7) is 0.606. The molecular formula is C10H8BrN5S. The first kappa shape index (κ1) is 10.7. The maximum absolute atomic E-state index is 5.89. The quantitative estimate of drug-likeness (QED) is 0.788. The highest BCUT2D eigenvalue weighted by Crippen LogP contribution is 2.21. The van der Waals surface area contributed by atoms with Gasteiger partial charge in [0, 0.05) is 22.2 Å². The molecule has 0 aliphatic rings. The van der Waals surface area contributed by atoms with E-state index in [-0.39, 0.29) is 0 Å². The van der Waals surface area contributed by atoms with Crippen LogP contribution in [0.3, 0.4) is 0 Å². The fourth-order valence-electron chi connectivity index (χ4n) is 1.63. The smallest absolute Gasteiger partial charge is 0.202 e. The lowest BCUT2D eigenvalue weighted by Crippen LogP contribution is -2.04. The lowest BCUT2D eigenvalue weighted by Gasteiger charge is -2.02. The molecule has 0 saturated heterocycles. The summed E-state index contributed by atoms with van der Waals surface area (Å²) in [4.78, 5) is 12.8. The number of rotatable bonds is 2. The Hall–Kier alpha value is -1.47. The second-order valence-corrected chi connectivity index (χ2v) is 5.37. The minimum atomic E-state index is 0.459. The van der Waals surface area contributed by atoms with E-state index in [2.05, 4.69) is 30.9 Å². The number of nitrogens with zero attached hydrogens (tertiary/aromatic N) is 4. The molecule has 17 heavy (non-hydrogen) atoms. The van der Waals surface area contributed by atoms with Crippen molar-refractivity contribution in [2.24, 2.45) is 0 Å². The largest absolute Gasteiger partial charge is 0.369 e. The molecule has 0 aliphatic carbocycles. The van der Waals surface area contributed by atoms with E-state index in [1.165, 1.54) is 0 Å². The molecule has 2 N–H and O–H groups in total. The van der Waals surface area contributed by atoms with Crippen molar-refractivity contribution >= 4 is 44.4 Å². The molecule has 3 rings (SSSR count). The normalized spacial score (nSPS) is 11.1. The Bertz CT molecular complexity index is 661. The lowest BCUT2D eigenvalue weighted by atomic mass is 10.4. The first-order valence-corrected chi connectivity index (χ1v) is 6.57. The van der Waals surface area contributed by atoms with E-state index in [9.17, 15) is 0 Å². The molecule has 0 spiro atoms. The minimum absolute atomic E-state index is 0.459. The van der Waals surface area contributed by atoms with E-state index in [1.54, 1.807) is 23.7 Å². The Morgan fingerprint density at radius 3 is 3.06 bits per heavy atom. The molecule has 3 aromatic heterocycles. The van der Waals surface area contributed by atoms with E-state index >= 15 is 0 Å². The van der Waals surface area contributed by atoms with Crippen LogP contribution in [0.4, 0.5) is 5.95 Å². The summed E-state index contributed by atoms with van der Waals surface area (Å²) < 4.78 is 2.75. The Balaban J connectivity index is 2.12. The number of anilines is 1. The summed E-state index contributed by atoms with van der Waals surface area (Å²) in [5.74, 6) is 0.459. The topological polar surface area (TPSA) is 69.6 Å². The molecule has 0 fully saturated rings. The van der Waals surface area contributed by atoms with E-state index in [4.69, 9.17) is 5.73 Å². The average molecular weight is 310 g/mol. The van der Waals surface area contributed by atoms with Gasteiger partial charge in [-0.3, -0.25) is 4.57 Å². The minimum Gasteiger partial charge on any atom is -0.369 e. The maximum atomic E-state index is 5.89. The fraction of sp³-hybridized carbons (Fsp3) is 0.100. The number of aromatic nitrogens is 4. The highest BCUT2D eigenvalue weighted by molar-refractivity contribution is 9.10. The standard InChI is InChI=1S/C10H8BrN5S/c11-6-3-7-9(14-4-6)16(10(12)15-7)5-8-13-1-2-17-8/h1-4H,5H2,(H2,12,15). The predicted octanol–water partition coefficient (Wildman–Crippen LogP) is 2.28. The summed E-state index contributed by atoms with van der Waals surface area (Å²) in [6, 6.07) is 1.90. The number of nitrogen functional groups attached to an aromatic ring is 1. The summed E-state index contributed by atoms with van der Waals surface area (Å²) in [5.41, 5.74) is 7.46. The molecular weight excluding hydrogens is 302 g/mol. The number of hydrogen-bond acceptors (Lipinski definition) is 5. The fourth-order valence-corrected chi connectivity index (χ4v) is 2.55. The van der Waals surface area contributed by atoms with E-state index in [0.717, 1.165) is 20.6 Å². The first-order chi connectivity index (χ1) is 8.24. The van der Waals surface area contributed by atoms with Crippen molar-refractivity contribution in [2.45, 2.75) is 6.54 Å². The van der Waals surface area contributed by atoms with Gasteiger partial charge in [-0.15, -0.1) is 11.3 Å². The lowest BCUT2D eigenvalue weighted by molar-refractivity contribution is 0.819. The molecule has 0 aliphatic heterocycles. The summed E-state index contributed by atoms with van der Waals surface area (Å²) in [6.07, 6.45) is 3.52. The molecule has 3 aromatic rings. The second kappa shape index (κ2) is 4.08. The van der Waals surface area contributed by atoms with Crippen molar-refractivity contribution in [3.05, 3.63) is 33.3 Å². The average Bonchev–Trinajstić information content (AvgIpc) is 2.88. The van der Waals surface area contributed by atoms with Gasteiger partial charge in [0.25, 0.3) is 0 Å². The highest BCUT2D eigenvalue weighted by atomic mass is 79.9. The van der Waals surface area contributed by atoms with Crippen LogP contribution in [0.15, 0.2) is 28.3 Å². The summed E-state index contributed by atoms with van der Waals surface area (Å²) in [5, 5.41) is 2.93. The molecule has 0 saturated carbocycles. The van der Waals surface area contributed by atoms with Gasteiger partial charge in [-0.2, -0.15) is 0 Å². The van der Waals surface area contributed by atoms with Gasteiger partial charge in [-0.05, 0) is 22.0 Å². The Morgan fingerprint density at radius 2 is 2.29 bits per heavy atom. The van der Waals surface area contributed by atoms with Crippen LogP contribution in [-0.4, -0.2) is 19.5 Å². The molecule has 86 valence electrons. The predicted molar refractivity (Wildman–Crippen MR) is 70.9 cm³/mol. The molecule has 5 nitrogen and oxygen atoms in total. The molecule has 7 heteroatoms. The Morgan fingerprint density at radius 1 is 1.41 bits per heavy atom. The SMILES string of the molecule is Nc1nc2cc(Br)cnc2n1Cc1nccs1. The van der Waals surface area contributed by atoms with Gasteiger partial charge >= 0.3 is 0 Å². The van der Waals surface area contributed by atoms with E-state index < -0.39 is 0 Å². The van der Waals surface area contributed by atoms with Crippen molar-refractivity contribution in [3.63, 3.8) is 0 Å². The third-order valence-electron chi connectivity index (χ3n) is 2.36. The van der Waals surface area contributed by atoms with Gasteiger partial charge in [0.2, 0.25) is 5.95 Å². The zero-order valence-electron chi connectivity index (χ0n) is 8.67. The first-order valence-electron chi connectivity index (χ1n) is 4.89. The Kier molecular flexibility index (Phi) is 2.56. The van der Waals surface area contributed by atoms with Crippen LogP contribution in [0.25, 0.3) is 11.2 Å². The van der Waals surface area contributed by atoms with Gasteiger partial charge in [0.05, 0.1) is 6.54 Å². The number of halogens is 1. The van der Waals surface area contributed by atoms with Crippen LogP contribution in [0.2, 0.25) is 0 Å². The van der Waals surface area contributed by atoms with Gasteiger partial charge < -0.3 is 5.73 Å². The van der Waals surface area contributed by atoms with E-state index in [0.29, 0.717) is 12.5 Å². The van der Waals surface area contributed by atoms with E-state index in [1.807, 2.05) is 16.0 Å². The van der Waals surface area contributed by atoms with Crippen LogP contribution < -0.4 is 5.73 Å². The number of pyridine rings is 1. The van der Waals surface area contributed by atoms with Gasteiger partial charge in [0.1, 0.15) is 10.5 Å². The molecule has 0 aromatic carbocycles. The summed E-state index contributed by atoms with van der Waals surface area (Å²) >= 11 is 4.95. The number of hydrogen-bond donors (Lipinski definition) is 1. The van der Waals surface area contributed by atoms with Gasteiger partial charge in [-0.1, -0.05) is 0 Å². The van der Waals surface area contributed by atoms with Crippen LogP contribution in [0.1, 0.15) is 5.01 Å². The van der Waals surface area contributed by atoms with Crippen molar-refractivity contribution in [3.8, 4) is 0 Å². The number of thiazole rings is 1. The zero-order chi connectivity index (χ0) is 11.8. The molecule has 0 amide bonds. The summed E-state index contributed by atoms with van der Waals surface area (Å²) in [7, 11) is 0. The van der Waals surface area contributed by atoms with Crippen molar-refractivity contribution in [1.29, 1.82) is 0 Å². The van der Waals surface area contributed by atoms with Crippen molar-refractivity contribution < 1.29 is 0 Å². The van der Waals surface area contributed by atoms with Crippen molar-refractivity contribution in [2.75, 3.05) is 5.73 Å². The van der Waals surface area contributed by atoms with Gasteiger partial charge in [-0.25, -0.2) is 15.0 Å². The zero-order valence-corrected chi connectivity index (χ0v) is 11.1. The monoisotopic (exact) mass is 309 g/mol. The Labute approximate surface area is 109 Å². The highest BCUT2D eigenvalue weighted by Gasteiger charge is 2.11. The molecule has 0 unspecified atom stereocenters. The number of imidazole rings is 1. The second-order valence-electron chi connectivity index (χ2n) is 3.48.